The van der Waals surface area contributed by atoms with Crippen LogP contribution in [0.4, 0.5) is 8.78 Å². The van der Waals surface area contributed by atoms with Crippen LogP contribution in [0.25, 0.3) is 0 Å². The summed E-state index contributed by atoms with van der Waals surface area (Å²) in [7, 11) is 0. The fourth-order valence-corrected chi connectivity index (χ4v) is 1.84. The second-order valence-corrected chi connectivity index (χ2v) is 4.19. The van der Waals surface area contributed by atoms with Crippen LogP contribution in [0.5, 0.6) is 0 Å². The van der Waals surface area contributed by atoms with Gasteiger partial charge in [0.15, 0.2) is 0 Å². The highest BCUT2D eigenvalue weighted by molar-refractivity contribution is 9.10. The van der Waals surface area contributed by atoms with E-state index in [1.165, 1.54) is 0 Å². The molecule has 0 aromatic heterocycles. The Labute approximate surface area is 107 Å². The number of hydrogen-bond acceptors (Lipinski definition) is 1. The van der Waals surface area contributed by atoms with Crippen molar-refractivity contribution in [3.8, 4) is 0 Å². The average Bonchev–Trinajstić information content (AvgIpc) is 2.08. The molecule has 1 atom stereocenters. The van der Waals surface area contributed by atoms with Gasteiger partial charge in [-0.1, -0.05) is 27.5 Å². The van der Waals surface area contributed by atoms with Gasteiger partial charge in [0.25, 0.3) is 0 Å². The van der Waals surface area contributed by atoms with Gasteiger partial charge in [-0.05, 0) is 23.8 Å². The zero-order chi connectivity index (χ0) is 10.7. The van der Waals surface area contributed by atoms with Gasteiger partial charge in [-0.15, -0.1) is 12.4 Å². The van der Waals surface area contributed by atoms with E-state index in [2.05, 4.69) is 15.9 Å². The molecule has 6 heteroatoms. The molecular weight excluding hydrogens is 311 g/mol. The topological polar surface area (TPSA) is 26.0 Å². The van der Waals surface area contributed by atoms with E-state index in [0.717, 1.165) is 0 Å². The molecule has 86 valence electrons. The van der Waals surface area contributed by atoms with Crippen LogP contribution in [0.3, 0.4) is 0 Å². The quantitative estimate of drug-likeness (QED) is 0.888. The average molecular weight is 321 g/mol. The van der Waals surface area contributed by atoms with Gasteiger partial charge in [0.05, 0.1) is 0 Å². The third-order valence-electron chi connectivity index (χ3n) is 1.79. The lowest BCUT2D eigenvalue weighted by molar-refractivity contribution is 0.128. The van der Waals surface area contributed by atoms with Gasteiger partial charge in [0.2, 0.25) is 6.43 Å². The predicted octanol–water partition coefficient (Wildman–Crippen LogP) is 4.18. The van der Waals surface area contributed by atoms with E-state index in [9.17, 15) is 8.78 Å². The van der Waals surface area contributed by atoms with Crippen LogP contribution in [0, 0.1) is 0 Å². The van der Waals surface area contributed by atoms with E-state index in [1.807, 2.05) is 0 Å². The van der Waals surface area contributed by atoms with Crippen molar-refractivity contribution >= 4 is 39.9 Å². The summed E-state index contributed by atoms with van der Waals surface area (Å²) in [5.41, 5.74) is 6.21. The first-order valence-corrected chi connectivity index (χ1v) is 5.16. The van der Waals surface area contributed by atoms with Gasteiger partial charge in [-0.2, -0.15) is 0 Å². The highest BCUT2D eigenvalue weighted by atomic mass is 79.9. The number of rotatable bonds is 3. The maximum Gasteiger partial charge on any atom is 0.240 e. The highest BCUT2D eigenvalue weighted by Gasteiger charge is 2.15. The molecule has 0 radical (unpaired) electrons. The minimum absolute atomic E-state index is 0. The summed E-state index contributed by atoms with van der Waals surface area (Å²) in [6, 6.07) is 4.27. The minimum atomic E-state index is -2.41. The van der Waals surface area contributed by atoms with Crippen molar-refractivity contribution < 1.29 is 8.78 Å². The number of alkyl halides is 2. The van der Waals surface area contributed by atoms with E-state index in [-0.39, 0.29) is 18.8 Å². The Balaban J connectivity index is 0.00000196. The first-order chi connectivity index (χ1) is 6.50. The SMILES string of the molecule is Cl.N[C@@H](CC(F)F)c1cc(Cl)ccc1Br. The van der Waals surface area contributed by atoms with Crippen molar-refractivity contribution in [1.29, 1.82) is 0 Å². The summed E-state index contributed by atoms with van der Waals surface area (Å²) >= 11 is 8.97. The highest BCUT2D eigenvalue weighted by Crippen LogP contribution is 2.28. The summed E-state index contributed by atoms with van der Waals surface area (Å²) in [5.74, 6) is 0. The van der Waals surface area contributed by atoms with Crippen LogP contribution in [0.15, 0.2) is 22.7 Å². The van der Waals surface area contributed by atoms with Gasteiger partial charge in [-0.25, -0.2) is 8.78 Å². The molecule has 2 N–H and O–H groups in total. The van der Waals surface area contributed by atoms with E-state index in [1.54, 1.807) is 18.2 Å². The first-order valence-electron chi connectivity index (χ1n) is 3.99. The smallest absolute Gasteiger partial charge is 0.240 e. The molecule has 0 aliphatic rings. The second-order valence-electron chi connectivity index (χ2n) is 2.90. The van der Waals surface area contributed by atoms with E-state index >= 15 is 0 Å². The van der Waals surface area contributed by atoms with Gasteiger partial charge >= 0.3 is 0 Å². The van der Waals surface area contributed by atoms with Gasteiger partial charge < -0.3 is 5.73 Å². The molecule has 0 amide bonds. The van der Waals surface area contributed by atoms with Crippen LogP contribution in [0.1, 0.15) is 18.0 Å². The van der Waals surface area contributed by atoms with Crippen molar-refractivity contribution in [3.63, 3.8) is 0 Å². The number of hydrogen-bond donors (Lipinski definition) is 1. The lowest BCUT2D eigenvalue weighted by Crippen LogP contribution is -2.14. The summed E-state index contributed by atoms with van der Waals surface area (Å²) in [6.45, 7) is 0. The summed E-state index contributed by atoms with van der Waals surface area (Å²) in [5, 5.41) is 0.493. The predicted molar refractivity (Wildman–Crippen MR) is 63.9 cm³/mol. The van der Waals surface area contributed by atoms with Crippen LogP contribution in [-0.4, -0.2) is 6.43 Å². The Kier molecular flexibility index (Phi) is 6.68. The van der Waals surface area contributed by atoms with E-state index in [4.69, 9.17) is 17.3 Å². The number of nitrogens with two attached hydrogens (primary N) is 1. The molecule has 15 heavy (non-hydrogen) atoms. The van der Waals surface area contributed by atoms with Crippen LogP contribution in [-0.2, 0) is 0 Å². The molecule has 1 aromatic rings. The standard InChI is InChI=1S/C9H9BrClF2N.ClH/c10-7-2-1-5(11)3-6(7)8(14)4-9(12)13;/h1-3,8-9H,4,14H2;1H/t8-;/m0./s1. The summed E-state index contributed by atoms with van der Waals surface area (Å²) in [4.78, 5) is 0. The third kappa shape index (κ3) is 4.64. The Morgan fingerprint density at radius 2 is 2.00 bits per heavy atom. The monoisotopic (exact) mass is 319 g/mol. The normalized spacial score (nSPS) is 12.4. The number of halogens is 5. The molecule has 0 saturated heterocycles. The largest absolute Gasteiger partial charge is 0.324 e. The van der Waals surface area contributed by atoms with E-state index in [0.29, 0.717) is 15.1 Å². The molecule has 0 heterocycles. The molecule has 1 nitrogen and oxygen atoms in total. The summed E-state index contributed by atoms with van der Waals surface area (Å²) < 4.78 is 24.9. The zero-order valence-corrected chi connectivity index (χ0v) is 10.7. The van der Waals surface area contributed by atoms with Crippen LogP contribution in [0.2, 0.25) is 5.02 Å². The van der Waals surface area contributed by atoms with Crippen LogP contribution >= 0.6 is 39.9 Å². The fourth-order valence-electron chi connectivity index (χ4n) is 1.12. The third-order valence-corrected chi connectivity index (χ3v) is 2.75. The number of benzene rings is 1. The molecule has 0 aliphatic heterocycles. The lowest BCUT2D eigenvalue weighted by atomic mass is 10.1. The molecule has 0 bridgehead atoms. The maximum atomic E-state index is 12.1. The zero-order valence-electron chi connectivity index (χ0n) is 7.59. The molecule has 0 aliphatic carbocycles. The van der Waals surface area contributed by atoms with Crippen molar-refractivity contribution in [1.82, 2.24) is 0 Å². The van der Waals surface area contributed by atoms with Crippen molar-refractivity contribution in [2.24, 2.45) is 5.73 Å². The fraction of sp³-hybridized carbons (Fsp3) is 0.333. The minimum Gasteiger partial charge on any atom is -0.324 e. The molecule has 1 rings (SSSR count). The molecule has 0 fully saturated rings. The Morgan fingerprint density at radius 3 is 2.53 bits per heavy atom. The Hall–Kier alpha value is 0.1000. The second kappa shape index (κ2) is 6.63. The Bertz CT molecular complexity index is 323. The maximum absolute atomic E-state index is 12.1. The van der Waals surface area contributed by atoms with Crippen molar-refractivity contribution in [3.05, 3.63) is 33.3 Å². The van der Waals surface area contributed by atoms with Gasteiger partial charge in [-0.3, -0.25) is 0 Å². The molecule has 0 unspecified atom stereocenters. The van der Waals surface area contributed by atoms with Gasteiger partial charge in [0, 0.05) is 22.0 Å². The van der Waals surface area contributed by atoms with E-state index < -0.39 is 12.5 Å². The van der Waals surface area contributed by atoms with Crippen molar-refractivity contribution in [2.45, 2.75) is 18.9 Å². The molecule has 1 aromatic carbocycles. The molecule has 0 spiro atoms. The van der Waals surface area contributed by atoms with Crippen molar-refractivity contribution in [2.75, 3.05) is 0 Å². The summed E-state index contributed by atoms with van der Waals surface area (Å²) in [6.07, 6.45) is -2.77. The molecule has 0 saturated carbocycles. The lowest BCUT2D eigenvalue weighted by Gasteiger charge is -2.13. The van der Waals surface area contributed by atoms with Gasteiger partial charge in [0.1, 0.15) is 0 Å². The van der Waals surface area contributed by atoms with Crippen LogP contribution < -0.4 is 5.73 Å². The first kappa shape index (κ1) is 15.1. The Morgan fingerprint density at radius 1 is 1.40 bits per heavy atom. The molecular formula is C9H10BrCl2F2N.